The van der Waals surface area contributed by atoms with E-state index in [0.29, 0.717) is 29.5 Å². The smallest absolute Gasteiger partial charge is 0.417 e. The number of aromatic nitrogens is 1. The molecular weight excluding hydrogens is 598 g/mol. The number of nitrogens with one attached hydrogen (secondary N) is 1. The Hall–Kier alpha value is -3.99. The van der Waals surface area contributed by atoms with Gasteiger partial charge in [0.2, 0.25) is 0 Å². The van der Waals surface area contributed by atoms with Gasteiger partial charge in [0.25, 0.3) is 5.91 Å². The first-order valence-corrected chi connectivity index (χ1v) is 13.6. The minimum Gasteiger partial charge on any atom is -0.481 e. The number of rotatable bonds is 9. The van der Waals surface area contributed by atoms with Crippen molar-refractivity contribution in [1.29, 1.82) is 0 Å². The normalized spacial score (nSPS) is 13.0. The van der Waals surface area contributed by atoms with E-state index in [1.165, 1.54) is 6.07 Å². The highest BCUT2D eigenvalue weighted by molar-refractivity contribution is 6.33. The van der Waals surface area contributed by atoms with Crippen LogP contribution >= 0.6 is 11.6 Å². The molecule has 0 aliphatic carbocycles. The topological polar surface area (TPSA) is 71.3 Å². The third-order valence-corrected chi connectivity index (χ3v) is 7.28. The van der Waals surface area contributed by atoms with Gasteiger partial charge in [-0.3, -0.25) is 9.59 Å². The molecule has 0 bridgehead atoms. The van der Waals surface area contributed by atoms with Gasteiger partial charge in [-0.25, -0.2) is 0 Å². The maximum Gasteiger partial charge on any atom is 0.417 e. The van der Waals surface area contributed by atoms with Gasteiger partial charge in [-0.2, -0.15) is 26.3 Å². The van der Waals surface area contributed by atoms with Crippen molar-refractivity contribution >= 4 is 34.4 Å². The van der Waals surface area contributed by atoms with E-state index in [1.807, 2.05) is 13.8 Å². The Morgan fingerprint density at radius 2 is 1.58 bits per heavy atom. The summed E-state index contributed by atoms with van der Waals surface area (Å²) in [6.45, 7) is 3.89. The maximum absolute atomic E-state index is 14.4. The predicted octanol–water partition coefficient (Wildman–Crippen LogP) is 8.84. The number of benzene rings is 3. The number of carbonyl (C=O) groups is 2. The van der Waals surface area contributed by atoms with Gasteiger partial charge in [-0.15, -0.1) is 0 Å². The van der Waals surface area contributed by atoms with Crippen molar-refractivity contribution in [3.8, 4) is 11.1 Å². The Balaban J connectivity index is 1.77. The molecule has 4 rings (SSSR count). The molecule has 0 fully saturated rings. The van der Waals surface area contributed by atoms with E-state index < -0.39 is 46.4 Å². The quantitative estimate of drug-likeness (QED) is 0.183. The number of aliphatic carboxylic acids is 1. The lowest BCUT2D eigenvalue weighted by molar-refractivity contribution is -0.138. The minimum absolute atomic E-state index is 0.0392. The summed E-state index contributed by atoms with van der Waals surface area (Å²) in [6.07, 6.45) is -7.57. The van der Waals surface area contributed by atoms with Crippen LogP contribution in [0.25, 0.3) is 22.0 Å². The van der Waals surface area contributed by atoms with Gasteiger partial charge in [0, 0.05) is 39.8 Å². The fraction of sp³-hybridized carbons (Fsp3) is 0.290. The number of nitrogens with zero attached hydrogens (tertiary/aromatic N) is 1. The molecule has 228 valence electrons. The first-order chi connectivity index (χ1) is 20.1. The zero-order chi connectivity index (χ0) is 31.7. The summed E-state index contributed by atoms with van der Waals surface area (Å²) in [6, 6.07) is 12.3. The summed E-state index contributed by atoms with van der Waals surface area (Å²) < 4.78 is 84.3. The van der Waals surface area contributed by atoms with Crippen molar-refractivity contribution < 1.29 is 41.0 Å². The van der Waals surface area contributed by atoms with E-state index in [9.17, 15) is 35.9 Å². The standard InChI is InChI=1S/C31H27ClF6N2O3/c1-17(2)13-26(18-3-5-19(6-4-18)29(43)39-11-9-28(41)42)40-12-10-20-14-23(24(16-27(20)40)31(36,37)38)22-8-7-21(15-25(22)32)30(33,34)35/h3-8,10,12,14-17,26H,9,11,13H2,1-2H3,(H,39,43)(H,41,42). The van der Waals surface area contributed by atoms with E-state index in [4.69, 9.17) is 16.7 Å². The van der Waals surface area contributed by atoms with E-state index in [0.717, 1.165) is 17.7 Å². The average molecular weight is 625 g/mol. The van der Waals surface area contributed by atoms with Crippen LogP contribution in [0.15, 0.2) is 66.9 Å². The number of carbonyl (C=O) groups excluding carboxylic acids is 1. The van der Waals surface area contributed by atoms with Gasteiger partial charge in [0.05, 0.1) is 23.6 Å². The van der Waals surface area contributed by atoms with Crippen LogP contribution in [0, 0.1) is 5.92 Å². The SMILES string of the molecule is CC(C)CC(c1ccc(C(=O)NCCC(=O)O)cc1)n1ccc2cc(-c3ccc(C(F)(F)F)cc3Cl)c(C(F)(F)F)cc21. The largest absolute Gasteiger partial charge is 0.481 e. The summed E-state index contributed by atoms with van der Waals surface area (Å²) in [7, 11) is 0. The fourth-order valence-corrected chi connectivity index (χ4v) is 5.22. The molecule has 5 nitrogen and oxygen atoms in total. The number of carboxylic acid groups (broad SMARTS) is 1. The van der Waals surface area contributed by atoms with Crippen molar-refractivity contribution in [3.05, 3.63) is 94.1 Å². The van der Waals surface area contributed by atoms with Crippen LogP contribution in [0.3, 0.4) is 0 Å². The van der Waals surface area contributed by atoms with Crippen LogP contribution in [0.2, 0.25) is 5.02 Å². The number of carboxylic acids is 1. The molecule has 2 N–H and O–H groups in total. The Morgan fingerprint density at radius 1 is 0.907 bits per heavy atom. The number of fused-ring (bicyclic) bond motifs is 1. The van der Waals surface area contributed by atoms with E-state index in [2.05, 4.69) is 5.32 Å². The molecule has 1 atom stereocenters. The molecule has 12 heteroatoms. The van der Waals surface area contributed by atoms with Crippen molar-refractivity contribution in [2.75, 3.05) is 6.54 Å². The first kappa shape index (κ1) is 31.9. The summed E-state index contributed by atoms with van der Waals surface area (Å²) >= 11 is 6.09. The van der Waals surface area contributed by atoms with Gasteiger partial charge < -0.3 is 15.0 Å². The van der Waals surface area contributed by atoms with Crippen LogP contribution in [0.1, 0.15) is 59.8 Å². The average Bonchev–Trinajstić information content (AvgIpc) is 3.32. The molecule has 0 aliphatic rings. The van der Waals surface area contributed by atoms with Crippen LogP contribution in [-0.2, 0) is 17.1 Å². The second-order valence-corrected chi connectivity index (χ2v) is 10.9. The molecule has 0 saturated heterocycles. The van der Waals surface area contributed by atoms with Crippen LogP contribution < -0.4 is 5.32 Å². The van der Waals surface area contributed by atoms with Crippen molar-refractivity contribution in [2.45, 2.75) is 45.1 Å². The van der Waals surface area contributed by atoms with Crippen LogP contribution in [-0.4, -0.2) is 28.1 Å². The zero-order valence-electron chi connectivity index (χ0n) is 23.0. The molecule has 4 aromatic rings. The molecule has 3 aromatic carbocycles. The van der Waals surface area contributed by atoms with E-state index >= 15 is 0 Å². The molecule has 1 heterocycles. The number of alkyl halides is 6. The molecular formula is C31H27ClF6N2O3. The molecule has 0 spiro atoms. The van der Waals surface area contributed by atoms with Crippen molar-refractivity contribution in [1.82, 2.24) is 9.88 Å². The number of halogens is 7. The minimum atomic E-state index is -4.84. The van der Waals surface area contributed by atoms with Gasteiger partial charge in [0.1, 0.15) is 0 Å². The molecule has 0 aliphatic heterocycles. The third-order valence-electron chi connectivity index (χ3n) is 6.96. The van der Waals surface area contributed by atoms with Gasteiger partial charge in [0.15, 0.2) is 0 Å². The lowest BCUT2D eigenvalue weighted by Gasteiger charge is -2.24. The Kier molecular flexibility index (Phi) is 9.15. The fourth-order valence-electron chi connectivity index (χ4n) is 4.94. The van der Waals surface area contributed by atoms with Gasteiger partial charge in [-0.05, 0) is 65.9 Å². The highest BCUT2D eigenvalue weighted by Crippen LogP contribution is 2.44. The predicted molar refractivity (Wildman–Crippen MR) is 151 cm³/mol. The Bertz CT molecular complexity index is 1640. The number of hydrogen-bond donors (Lipinski definition) is 2. The number of amides is 1. The van der Waals surface area contributed by atoms with Crippen LogP contribution in [0.5, 0.6) is 0 Å². The Morgan fingerprint density at radius 3 is 2.14 bits per heavy atom. The maximum atomic E-state index is 14.4. The van der Waals surface area contributed by atoms with Crippen LogP contribution in [0.4, 0.5) is 26.3 Å². The molecule has 1 aromatic heterocycles. The Labute approximate surface area is 248 Å². The van der Waals surface area contributed by atoms with Crippen molar-refractivity contribution in [2.24, 2.45) is 5.92 Å². The lowest BCUT2D eigenvalue weighted by Crippen LogP contribution is -2.26. The van der Waals surface area contributed by atoms with Gasteiger partial charge >= 0.3 is 18.3 Å². The molecule has 1 unspecified atom stereocenters. The molecule has 43 heavy (non-hydrogen) atoms. The monoisotopic (exact) mass is 624 g/mol. The molecule has 1 amide bonds. The highest BCUT2D eigenvalue weighted by atomic mass is 35.5. The molecule has 0 saturated carbocycles. The summed E-state index contributed by atoms with van der Waals surface area (Å²) in [4.78, 5) is 23.1. The number of hydrogen-bond acceptors (Lipinski definition) is 2. The highest BCUT2D eigenvalue weighted by Gasteiger charge is 2.36. The van der Waals surface area contributed by atoms with Crippen molar-refractivity contribution in [3.63, 3.8) is 0 Å². The third kappa shape index (κ3) is 7.33. The van der Waals surface area contributed by atoms with E-state index in [1.54, 1.807) is 41.1 Å². The zero-order valence-corrected chi connectivity index (χ0v) is 23.7. The summed E-state index contributed by atoms with van der Waals surface area (Å²) in [5, 5.41) is 11.3. The van der Waals surface area contributed by atoms with Gasteiger partial charge in [-0.1, -0.05) is 43.6 Å². The second-order valence-electron chi connectivity index (χ2n) is 10.5. The first-order valence-electron chi connectivity index (χ1n) is 13.2. The van der Waals surface area contributed by atoms with E-state index in [-0.39, 0.29) is 35.5 Å². The summed E-state index contributed by atoms with van der Waals surface area (Å²) in [5.41, 5.74) is -1.33. The second kappa shape index (κ2) is 12.3. The molecule has 0 radical (unpaired) electrons. The lowest BCUT2D eigenvalue weighted by atomic mass is 9.94. The summed E-state index contributed by atoms with van der Waals surface area (Å²) in [5.74, 6) is -1.37.